The van der Waals surface area contributed by atoms with E-state index in [1.54, 1.807) is 6.07 Å². The number of hydrogen-bond donors (Lipinski definition) is 1. The first-order valence-corrected chi connectivity index (χ1v) is 13.2. The zero-order valence-electron chi connectivity index (χ0n) is 22.1. The molecule has 0 amide bonds. The molecule has 0 unspecified atom stereocenters. The van der Waals surface area contributed by atoms with E-state index in [0.29, 0.717) is 42.3 Å². The van der Waals surface area contributed by atoms with Gasteiger partial charge in [0.05, 0.1) is 13.0 Å². The predicted octanol–water partition coefficient (Wildman–Crippen LogP) is 6.89. The summed E-state index contributed by atoms with van der Waals surface area (Å²) in [5, 5.41) is 9.16. The fraction of sp³-hybridized carbons (Fsp3) is 0.281. The first-order valence-electron chi connectivity index (χ1n) is 13.2. The van der Waals surface area contributed by atoms with Crippen molar-refractivity contribution in [3.63, 3.8) is 0 Å². The van der Waals surface area contributed by atoms with Crippen LogP contribution in [0.4, 0.5) is 4.39 Å². The summed E-state index contributed by atoms with van der Waals surface area (Å²) >= 11 is 0. The number of aryl methyl sites for hydroxylation is 3. The van der Waals surface area contributed by atoms with Crippen LogP contribution >= 0.6 is 0 Å². The normalized spacial score (nSPS) is 17.4. The largest absolute Gasteiger partial charge is 0.492 e. The Kier molecular flexibility index (Phi) is 6.29. The number of nitrogens with zero attached hydrogens (tertiary/aromatic N) is 2. The molecule has 1 aliphatic carbocycles. The molecule has 1 aromatic heterocycles. The van der Waals surface area contributed by atoms with Crippen LogP contribution < -0.4 is 9.47 Å². The van der Waals surface area contributed by atoms with Gasteiger partial charge in [-0.2, -0.15) is 0 Å². The van der Waals surface area contributed by atoms with Gasteiger partial charge in [0.25, 0.3) is 0 Å². The Hall–Kier alpha value is -4.26. The molecule has 3 aromatic carbocycles. The predicted molar refractivity (Wildman–Crippen MR) is 146 cm³/mol. The molecule has 2 aliphatic rings. The molecule has 1 N–H and O–H groups in total. The van der Waals surface area contributed by atoms with Crippen LogP contribution in [-0.4, -0.2) is 27.7 Å². The second-order valence-corrected chi connectivity index (χ2v) is 10.5. The molecule has 0 saturated heterocycles. The number of fused-ring (bicyclic) bond motifs is 2. The van der Waals surface area contributed by atoms with Gasteiger partial charge in [0, 0.05) is 41.1 Å². The minimum atomic E-state index is -0.853. The van der Waals surface area contributed by atoms with E-state index < -0.39 is 12.1 Å². The number of carbonyl (C=O) groups is 1. The minimum absolute atomic E-state index is 0.0229. The molecule has 198 valence electrons. The van der Waals surface area contributed by atoms with E-state index in [4.69, 9.17) is 14.6 Å². The summed E-state index contributed by atoms with van der Waals surface area (Å²) in [5.74, 6) is 0.611. The molecule has 6 nitrogen and oxygen atoms in total. The third-order valence-corrected chi connectivity index (χ3v) is 7.69. The van der Waals surface area contributed by atoms with Crippen LogP contribution in [-0.2, 0) is 11.2 Å². The topological polar surface area (TPSA) is 81.5 Å². The second-order valence-electron chi connectivity index (χ2n) is 10.5. The van der Waals surface area contributed by atoms with Gasteiger partial charge in [-0.05, 0) is 91.3 Å². The maximum Gasteiger partial charge on any atom is 0.304 e. The molecule has 0 fully saturated rings. The lowest BCUT2D eigenvalue weighted by Crippen LogP contribution is -2.07. The van der Waals surface area contributed by atoms with Gasteiger partial charge in [-0.3, -0.25) is 4.79 Å². The number of benzene rings is 3. The molecule has 39 heavy (non-hydrogen) atoms. The van der Waals surface area contributed by atoms with Crippen LogP contribution in [0.3, 0.4) is 0 Å². The van der Waals surface area contributed by atoms with Crippen molar-refractivity contribution in [2.75, 3.05) is 6.61 Å². The molecular formula is C32H29FN2O4. The number of carboxylic acid groups (broad SMARTS) is 1. The van der Waals surface area contributed by atoms with Crippen molar-refractivity contribution in [2.45, 2.75) is 52.1 Å². The van der Waals surface area contributed by atoms with Gasteiger partial charge < -0.3 is 14.6 Å². The van der Waals surface area contributed by atoms with E-state index in [1.165, 1.54) is 6.07 Å². The van der Waals surface area contributed by atoms with Crippen LogP contribution in [0.2, 0.25) is 0 Å². The Morgan fingerprint density at radius 1 is 1.08 bits per heavy atom. The lowest BCUT2D eigenvalue weighted by atomic mass is 9.89. The maximum atomic E-state index is 15.3. The monoisotopic (exact) mass is 524 g/mol. The van der Waals surface area contributed by atoms with Crippen LogP contribution in [0, 0.1) is 26.6 Å². The molecule has 2 heterocycles. The standard InChI is InChI=1S/C32H29FN2O4/c1-17-14-34-32(35-15-17)20-10-18(2)30(19(3)11-20)24-6-8-26(33)31-25(24)7-9-27(31)39-22-4-5-23-21(12-29(36)37)16-38-28(23)13-22/h4-6,8,10-11,13-15,21,27H,7,9,12,16H2,1-3H3,(H,36,37)/t21-,27-/m1/s1. The van der Waals surface area contributed by atoms with E-state index in [-0.39, 0.29) is 18.2 Å². The quantitative estimate of drug-likeness (QED) is 0.296. The summed E-state index contributed by atoms with van der Waals surface area (Å²) in [6.45, 7) is 6.44. The summed E-state index contributed by atoms with van der Waals surface area (Å²) < 4.78 is 27.3. The van der Waals surface area contributed by atoms with Crippen molar-refractivity contribution in [1.29, 1.82) is 0 Å². The highest BCUT2D eigenvalue weighted by Crippen LogP contribution is 2.45. The Morgan fingerprint density at radius 2 is 1.82 bits per heavy atom. The highest BCUT2D eigenvalue weighted by Gasteiger charge is 2.32. The molecule has 6 rings (SSSR count). The first kappa shape index (κ1) is 25.0. The summed E-state index contributed by atoms with van der Waals surface area (Å²) in [4.78, 5) is 20.1. The average Bonchev–Trinajstić information content (AvgIpc) is 3.50. The third-order valence-electron chi connectivity index (χ3n) is 7.69. The first-order chi connectivity index (χ1) is 18.8. The van der Waals surface area contributed by atoms with Gasteiger partial charge in [-0.1, -0.05) is 12.1 Å². The summed E-state index contributed by atoms with van der Waals surface area (Å²) in [7, 11) is 0. The average molecular weight is 525 g/mol. The number of halogens is 1. The van der Waals surface area contributed by atoms with Crippen LogP contribution in [0.15, 0.2) is 54.9 Å². The highest BCUT2D eigenvalue weighted by molar-refractivity contribution is 5.78. The molecule has 1 aliphatic heterocycles. The van der Waals surface area contributed by atoms with E-state index in [9.17, 15) is 4.79 Å². The SMILES string of the molecule is Cc1cnc(-c2cc(C)c(-c3ccc(F)c4c3CC[C@H]4Oc3ccc4c(c3)OC[C@H]4CC(=O)O)c(C)c2)nc1. The molecule has 0 radical (unpaired) electrons. The lowest BCUT2D eigenvalue weighted by Gasteiger charge is -2.19. The third kappa shape index (κ3) is 4.62. The van der Waals surface area contributed by atoms with Crippen LogP contribution in [0.5, 0.6) is 11.5 Å². The van der Waals surface area contributed by atoms with Gasteiger partial charge in [-0.15, -0.1) is 0 Å². The van der Waals surface area contributed by atoms with E-state index in [1.807, 2.05) is 37.5 Å². The highest BCUT2D eigenvalue weighted by atomic mass is 19.1. The van der Waals surface area contributed by atoms with Gasteiger partial charge in [0.1, 0.15) is 23.4 Å². The Morgan fingerprint density at radius 3 is 2.54 bits per heavy atom. The fourth-order valence-electron chi connectivity index (χ4n) is 5.96. The number of ether oxygens (including phenoxy) is 2. The van der Waals surface area contributed by atoms with Crippen LogP contribution in [0.1, 0.15) is 58.2 Å². The molecule has 4 aromatic rings. The zero-order chi connectivity index (χ0) is 27.3. The number of hydrogen-bond acceptors (Lipinski definition) is 5. The van der Waals surface area contributed by atoms with Crippen molar-refractivity contribution in [3.05, 3.63) is 94.1 Å². The Balaban J connectivity index is 1.31. The molecule has 0 bridgehead atoms. The molecular weight excluding hydrogens is 495 g/mol. The number of aromatic nitrogens is 2. The zero-order valence-corrected chi connectivity index (χ0v) is 22.1. The van der Waals surface area contributed by atoms with Crippen molar-refractivity contribution >= 4 is 5.97 Å². The van der Waals surface area contributed by atoms with Crippen molar-refractivity contribution in [3.8, 4) is 34.0 Å². The Labute approximate surface area is 226 Å². The lowest BCUT2D eigenvalue weighted by molar-refractivity contribution is -0.137. The van der Waals surface area contributed by atoms with Gasteiger partial charge in [0.2, 0.25) is 0 Å². The number of aliphatic carboxylic acids is 1. The number of carboxylic acids is 1. The minimum Gasteiger partial charge on any atom is -0.492 e. The maximum absolute atomic E-state index is 15.3. The van der Waals surface area contributed by atoms with E-state index in [0.717, 1.165) is 44.5 Å². The molecule has 0 saturated carbocycles. The molecule has 0 spiro atoms. The van der Waals surface area contributed by atoms with Gasteiger partial charge in [0.15, 0.2) is 5.82 Å². The summed E-state index contributed by atoms with van der Waals surface area (Å²) in [5.41, 5.74) is 8.70. The van der Waals surface area contributed by atoms with Gasteiger partial charge in [-0.25, -0.2) is 14.4 Å². The van der Waals surface area contributed by atoms with Crippen molar-refractivity contribution in [2.24, 2.45) is 0 Å². The van der Waals surface area contributed by atoms with Gasteiger partial charge >= 0.3 is 5.97 Å². The van der Waals surface area contributed by atoms with Crippen molar-refractivity contribution < 1.29 is 23.8 Å². The van der Waals surface area contributed by atoms with E-state index >= 15 is 4.39 Å². The second kappa shape index (κ2) is 9.80. The van der Waals surface area contributed by atoms with Crippen molar-refractivity contribution in [1.82, 2.24) is 9.97 Å². The molecule has 7 heteroatoms. The summed E-state index contributed by atoms with van der Waals surface area (Å²) in [6, 6.07) is 13.1. The van der Waals surface area contributed by atoms with E-state index in [2.05, 4.69) is 35.9 Å². The summed E-state index contributed by atoms with van der Waals surface area (Å²) in [6.07, 6.45) is 4.60. The molecule has 2 atom stereocenters. The van der Waals surface area contributed by atoms with Crippen LogP contribution in [0.25, 0.3) is 22.5 Å². The smallest absolute Gasteiger partial charge is 0.304 e. The fourth-order valence-corrected chi connectivity index (χ4v) is 5.96. The Bertz CT molecular complexity index is 1580. The number of rotatable bonds is 6.